The van der Waals surface area contributed by atoms with Crippen molar-refractivity contribution in [1.82, 2.24) is 0 Å². The zero-order valence-corrected chi connectivity index (χ0v) is 15.4. The third-order valence-corrected chi connectivity index (χ3v) is 5.19. The summed E-state index contributed by atoms with van der Waals surface area (Å²) < 4.78 is 31.7. The van der Waals surface area contributed by atoms with Crippen molar-refractivity contribution in [2.75, 3.05) is 5.75 Å². The average molecular weight is 365 g/mol. The molecule has 5 heteroatoms. The van der Waals surface area contributed by atoms with Gasteiger partial charge in [-0.3, -0.25) is 4.55 Å². The van der Waals surface area contributed by atoms with E-state index in [1.54, 1.807) is 0 Å². The summed E-state index contributed by atoms with van der Waals surface area (Å²) in [5.74, 6) is -0.280. The van der Waals surface area contributed by atoms with Gasteiger partial charge < -0.3 is 0 Å². The van der Waals surface area contributed by atoms with Gasteiger partial charge >= 0.3 is 29.6 Å². The summed E-state index contributed by atoms with van der Waals surface area (Å²) in [6.45, 7) is 4.24. The van der Waals surface area contributed by atoms with Crippen LogP contribution in [-0.2, 0) is 10.1 Å². The van der Waals surface area contributed by atoms with Gasteiger partial charge in [0.1, 0.15) is 0 Å². The Bertz CT molecular complexity index is 526. The van der Waals surface area contributed by atoms with Gasteiger partial charge in [-0.15, -0.1) is 0 Å². The minimum atomic E-state index is -3.94. The van der Waals surface area contributed by atoms with Gasteiger partial charge in [0.2, 0.25) is 0 Å². The van der Waals surface area contributed by atoms with Crippen LogP contribution in [0.1, 0.15) is 81.8 Å². The van der Waals surface area contributed by atoms with Gasteiger partial charge in [-0.1, -0.05) is 88.1 Å². The van der Waals surface area contributed by atoms with E-state index >= 15 is 0 Å². The normalized spacial score (nSPS) is 12.6. The van der Waals surface area contributed by atoms with E-state index in [-0.39, 0.29) is 41.2 Å². The Kier molecular flexibility index (Phi) is 13.4. The third kappa shape index (κ3) is 11.6. The van der Waals surface area contributed by atoms with Gasteiger partial charge in [0, 0.05) is 5.92 Å². The molecule has 0 heterocycles. The molecule has 0 aliphatic carbocycles. The van der Waals surface area contributed by atoms with E-state index in [1.807, 2.05) is 31.2 Å². The molecule has 1 unspecified atom stereocenters. The van der Waals surface area contributed by atoms with Crippen molar-refractivity contribution < 1.29 is 13.0 Å². The first-order valence-electron chi connectivity index (χ1n) is 8.94. The van der Waals surface area contributed by atoms with E-state index in [2.05, 4.69) is 6.92 Å². The van der Waals surface area contributed by atoms with E-state index in [1.165, 1.54) is 38.5 Å². The molecule has 0 saturated carbocycles. The molecule has 0 saturated heterocycles. The Morgan fingerprint density at radius 1 is 0.917 bits per heavy atom. The molecule has 134 valence electrons. The number of unbranched alkanes of at least 4 members (excludes halogenated alkanes) is 7. The Balaban J connectivity index is 0.00000529. The van der Waals surface area contributed by atoms with Gasteiger partial charge in [-0.25, -0.2) is 0 Å². The summed E-state index contributed by atoms with van der Waals surface area (Å²) in [7, 11) is -3.94. The monoisotopic (exact) mass is 364 g/mol. The summed E-state index contributed by atoms with van der Waals surface area (Å²) >= 11 is 0. The fourth-order valence-corrected chi connectivity index (χ4v) is 3.83. The Morgan fingerprint density at radius 3 is 1.92 bits per heavy atom. The zero-order chi connectivity index (χ0) is 17.1. The third-order valence-electron chi connectivity index (χ3n) is 4.37. The van der Waals surface area contributed by atoms with Crippen molar-refractivity contribution >= 4 is 39.7 Å². The summed E-state index contributed by atoms with van der Waals surface area (Å²) in [4.78, 5) is 0. The predicted molar refractivity (Wildman–Crippen MR) is 105 cm³/mol. The number of benzene rings is 1. The van der Waals surface area contributed by atoms with Crippen molar-refractivity contribution in [3.63, 3.8) is 0 Å². The maximum atomic E-state index is 11.3. The molecule has 1 rings (SSSR count). The predicted octanol–water partition coefficient (Wildman–Crippen LogP) is 4.85. The minimum absolute atomic E-state index is 0. The molecule has 0 radical (unpaired) electrons. The molecule has 0 bridgehead atoms. The second-order valence-corrected chi connectivity index (χ2v) is 8.12. The summed E-state index contributed by atoms with van der Waals surface area (Å²) in [5, 5.41) is 0. The van der Waals surface area contributed by atoms with E-state index in [0.717, 1.165) is 30.4 Å². The molecule has 0 fully saturated rings. The van der Waals surface area contributed by atoms with Gasteiger partial charge in [-0.2, -0.15) is 8.42 Å². The van der Waals surface area contributed by atoms with Crippen LogP contribution in [0.3, 0.4) is 0 Å². The molecule has 0 amide bonds. The first-order valence-corrected chi connectivity index (χ1v) is 10.5. The Hall–Kier alpha value is 0.130. The molecule has 0 aliphatic heterocycles. The van der Waals surface area contributed by atoms with Crippen LogP contribution in [0.4, 0.5) is 0 Å². The maximum absolute atomic E-state index is 11.3. The standard InChI is InChI=1S/C19H32O3S.Na.H/c1-3-4-5-6-7-8-9-10-11-19(16-23(20,21)22)18-14-12-17(2)13-15-18;;/h12-15,19H,3-11,16H2,1-2H3,(H,20,21,22);;. The fraction of sp³-hybridized carbons (Fsp3) is 0.684. The van der Waals surface area contributed by atoms with Crippen LogP contribution < -0.4 is 0 Å². The average Bonchev–Trinajstić information content (AvgIpc) is 2.48. The van der Waals surface area contributed by atoms with Crippen LogP contribution >= 0.6 is 0 Å². The molecule has 1 N–H and O–H groups in total. The van der Waals surface area contributed by atoms with Crippen LogP contribution in [0.5, 0.6) is 0 Å². The molecule has 24 heavy (non-hydrogen) atoms. The molecule has 0 aromatic heterocycles. The number of hydrogen-bond acceptors (Lipinski definition) is 2. The van der Waals surface area contributed by atoms with Crippen molar-refractivity contribution in [1.29, 1.82) is 0 Å². The van der Waals surface area contributed by atoms with Crippen molar-refractivity contribution in [2.24, 2.45) is 0 Å². The molecule has 0 aliphatic rings. The van der Waals surface area contributed by atoms with E-state index < -0.39 is 10.1 Å². The summed E-state index contributed by atoms with van der Waals surface area (Å²) in [6.07, 6.45) is 10.7. The molecular formula is C19H33NaO3S. The zero-order valence-electron chi connectivity index (χ0n) is 14.6. The van der Waals surface area contributed by atoms with E-state index in [9.17, 15) is 13.0 Å². The quantitative estimate of drug-likeness (QED) is 0.328. The van der Waals surface area contributed by atoms with Crippen molar-refractivity contribution in [3.05, 3.63) is 35.4 Å². The molecule has 1 atom stereocenters. The van der Waals surface area contributed by atoms with Gasteiger partial charge in [-0.05, 0) is 18.9 Å². The van der Waals surface area contributed by atoms with Crippen LogP contribution in [0, 0.1) is 6.92 Å². The van der Waals surface area contributed by atoms with E-state index in [0.29, 0.717) is 0 Å². The van der Waals surface area contributed by atoms with Crippen LogP contribution in [0.25, 0.3) is 0 Å². The van der Waals surface area contributed by atoms with Crippen LogP contribution in [0.2, 0.25) is 0 Å². The molecule has 1 aromatic carbocycles. The number of aryl methyl sites for hydroxylation is 1. The Labute approximate surface area is 170 Å². The molecule has 0 spiro atoms. The summed E-state index contributed by atoms with van der Waals surface area (Å²) in [5.41, 5.74) is 2.17. The van der Waals surface area contributed by atoms with Crippen molar-refractivity contribution in [2.45, 2.75) is 77.6 Å². The van der Waals surface area contributed by atoms with Crippen LogP contribution in [0.15, 0.2) is 24.3 Å². The SMILES string of the molecule is CCCCCCCCCCC(CS(=O)(=O)O)c1ccc(C)cc1.[NaH]. The van der Waals surface area contributed by atoms with Crippen molar-refractivity contribution in [3.8, 4) is 0 Å². The second kappa shape index (κ2) is 13.3. The van der Waals surface area contributed by atoms with E-state index in [4.69, 9.17) is 0 Å². The molecule has 1 aromatic rings. The fourth-order valence-electron chi connectivity index (χ4n) is 2.96. The molecular weight excluding hydrogens is 331 g/mol. The number of hydrogen-bond donors (Lipinski definition) is 1. The van der Waals surface area contributed by atoms with Gasteiger partial charge in [0.05, 0.1) is 5.75 Å². The topological polar surface area (TPSA) is 54.4 Å². The Morgan fingerprint density at radius 2 is 1.42 bits per heavy atom. The van der Waals surface area contributed by atoms with Gasteiger partial charge in [0.25, 0.3) is 10.1 Å². The molecule has 3 nitrogen and oxygen atoms in total. The summed E-state index contributed by atoms with van der Waals surface area (Å²) in [6, 6.07) is 7.96. The second-order valence-electron chi connectivity index (χ2n) is 6.62. The first kappa shape index (κ1) is 24.1. The van der Waals surface area contributed by atoms with Gasteiger partial charge in [0.15, 0.2) is 0 Å². The number of rotatable bonds is 12. The first-order chi connectivity index (χ1) is 10.9. The van der Waals surface area contributed by atoms with Crippen LogP contribution in [-0.4, -0.2) is 48.3 Å².